The van der Waals surface area contributed by atoms with Gasteiger partial charge in [-0.3, -0.25) is 9.59 Å². The highest BCUT2D eigenvalue weighted by molar-refractivity contribution is 6.05. The standard InChI is InChI=1S/C20H25N3O2/c1-4-19(24)21-17-9-7-8-15(14-17)20(25)22-16-10-12-18(13-11-16)23(5-2)6-3/h7-14H,4-6H2,1-3H3,(H,21,24)(H,22,25). The maximum atomic E-state index is 12.4. The Balaban J connectivity index is 2.06. The van der Waals surface area contributed by atoms with Gasteiger partial charge in [0.2, 0.25) is 5.91 Å². The van der Waals surface area contributed by atoms with Gasteiger partial charge >= 0.3 is 0 Å². The summed E-state index contributed by atoms with van der Waals surface area (Å²) in [7, 11) is 0. The Morgan fingerprint density at radius 3 is 2.16 bits per heavy atom. The lowest BCUT2D eigenvalue weighted by molar-refractivity contribution is -0.115. The van der Waals surface area contributed by atoms with Gasteiger partial charge in [-0.25, -0.2) is 0 Å². The molecule has 0 heterocycles. The second kappa shape index (κ2) is 8.87. The Morgan fingerprint density at radius 2 is 1.56 bits per heavy atom. The van der Waals surface area contributed by atoms with Gasteiger partial charge < -0.3 is 15.5 Å². The number of hydrogen-bond donors (Lipinski definition) is 2. The van der Waals surface area contributed by atoms with Crippen LogP contribution in [-0.4, -0.2) is 24.9 Å². The number of carbonyl (C=O) groups excluding carboxylic acids is 2. The number of rotatable bonds is 7. The van der Waals surface area contributed by atoms with Crippen molar-refractivity contribution >= 4 is 28.9 Å². The third-order valence-corrected chi connectivity index (χ3v) is 3.98. The van der Waals surface area contributed by atoms with E-state index in [0.29, 0.717) is 17.7 Å². The smallest absolute Gasteiger partial charge is 0.255 e. The van der Waals surface area contributed by atoms with Crippen molar-refractivity contribution < 1.29 is 9.59 Å². The molecule has 2 rings (SSSR count). The molecule has 0 aromatic heterocycles. The highest BCUT2D eigenvalue weighted by Gasteiger charge is 2.08. The predicted molar refractivity (Wildman–Crippen MR) is 103 cm³/mol. The van der Waals surface area contributed by atoms with E-state index in [9.17, 15) is 9.59 Å². The molecule has 2 aromatic rings. The maximum absolute atomic E-state index is 12.4. The van der Waals surface area contributed by atoms with E-state index in [0.717, 1.165) is 24.5 Å². The molecule has 0 aliphatic heterocycles. The van der Waals surface area contributed by atoms with Gasteiger partial charge in [-0.1, -0.05) is 13.0 Å². The van der Waals surface area contributed by atoms with Crippen molar-refractivity contribution in [1.29, 1.82) is 0 Å². The van der Waals surface area contributed by atoms with Crippen molar-refractivity contribution in [2.75, 3.05) is 28.6 Å². The highest BCUT2D eigenvalue weighted by atomic mass is 16.2. The molecule has 132 valence electrons. The van der Waals surface area contributed by atoms with Crippen molar-refractivity contribution in [3.05, 3.63) is 54.1 Å². The Bertz CT molecular complexity index is 722. The van der Waals surface area contributed by atoms with Crippen LogP contribution in [0.3, 0.4) is 0 Å². The molecule has 0 fully saturated rings. The van der Waals surface area contributed by atoms with Gasteiger partial charge in [-0.05, 0) is 56.3 Å². The molecule has 5 nitrogen and oxygen atoms in total. The second-order valence-corrected chi connectivity index (χ2v) is 5.66. The first-order valence-corrected chi connectivity index (χ1v) is 8.63. The number of nitrogens with one attached hydrogen (secondary N) is 2. The largest absolute Gasteiger partial charge is 0.372 e. The van der Waals surface area contributed by atoms with Crippen molar-refractivity contribution in [1.82, 2.24) is 0 Å². The van der Waals surface area contributed by atoms with Crippen LogP contribution >= 0.6 is 0 Å². The van der Waals surface area contributed by atoms with Crippen LogP contribution in [0.25, 0.3) is 0 Å². The molecular weight excluding hydrogens is 314 g/mol. The van der Waals surface area contributed by atoms with E-state index in [1.807, 2.05) is 24.3 Å². The van der Waals surface area contributed by atoms with E-state index < -0.39 is 0 Å². The molecule has 0 atom stereocenters. The summed E-state index contributed by atoms with van der Waals surface area (Å²) < 4.78 is 0. The molecule has 0 spiro atoms. The lowest BCUT2D eigenvalue weighted by Gasteiger charge is -2.21. The molecule has 0 unspecified atom stereocenters. The van der Waals surface area contributed by atoms with Gasteiger partial charge in [-0.2, -0.15) is 0 Å². The topological polar surface area (TPSA) is 61.4 Å². The summed E-state index contributed by atoms with van der Waals surface area (Å²) in [5.41, 5.74) is 2.99. The van der Waals surface area contributed by atoms with Gasteiger partial charge in [0, 0.05) is 42.1 Å². The minimum absolute atomic E-state index is 0.0791. The van der Waals surface area contributed by atoms with Gasteiger partial charge in [0.15, 0.2) is 0 Å². The number of hydrogen-bond acceptors (Lipinski definition) is 3. The molecule has 0 bridgehead atoms. The van der Waals surface area contributed by atoms with Crippen LogP contribution in [0.2, 0.25) is 0 Å². The Morgan fingerprint density at radius 1 is 0.880 bits per heavy atom. The first kappa shape index (κ1) is 18.5. The lowest BCUT2D eigenvalue weighted by Crippen LogP contribution is -2.21. The van der Waals surface area contributed by atoms with Gasteiger partial charge in [0.05, 0.1) is 0 Å². The van der Waals surface area contributed by atoms with E-state index >= 15 is 0 Å². The van der Waals surface area contributed by atoms with Gasteiger partial charge in [0.25, 0.3) is 5.91 Å². The van der Waals surface area contributed by atoms with E-state index in [1.165, 1.54) is 0 Å². The Labute approximate surface area is 149 Å². The minimum atomic E-state index is -0.205. The zero-order valence-corrected chi connectivity index (χ0v) is 15.0. The Hall–Kier alpha value is -2.82. The van der Waals surface area contributed by atoms with Crippen LogP contribution in [0, 0.1) is 0 Å². The summed E-state index contributed by atoms with van der Waals surface area (Å²) in [6.45, 7) is 7.90. The van der Waals surface area contributed by atoms with Crippen LogP contribution in [0.1, 0.15) is 37.6 Å². The SMILES string of the molecule is CCC(=O)Nc1cccc(C(=O)Nc2ccc(N(CC)CC)cc2)c1. The van der Waals surface area contributed by atoms with E-state index in [2.05, 4.69) is 29.4 Å². The van der Waals surface area contributed by atoms with Crippen LogP contribution in [0.15, 0.2) is 48.5 Å². The normalized spacial score (nSPS) is 10.2. The lowest BCUT2D eigenvalue weighted by atomic mass is 10.1. The maximum Gasteiger partial charge on any atom is 0.255 e. The average Bonchev–Trinajstić information content (AvgIpc) is 2.64. The van der Waals surface area contributed by atoms with Crippen LogP contribution in [-0.2, 0) is 4.79 Å². The quantitative estimate of drug-likeness (QED) is 0.797. The average molecular weight is 339 g/mol. The molecule has 0 radical (unpaired) electrons. The number of amides is 2. The predicted octanol–water partition coefficient (Wildman–Crippen LogP) is 4.13. The second-order valence-electron chi connectivity index (χ2n) is 5.66. The van der Waals surface area contributed by atoms with Gasteiger partial charge in [-0.15, -0.1) is 0 Å². The number of nitrogens with zero attached hydrogens (tertiary/aromatic N) is 1. The summed E-state index contributed by atoms with van der Waals surface area (Å²) in [5.74, 6) is -0.285. The van der Waals surface area contributed by atoms with Crippen LogP contribution in [0.4, 0.5) is 17.1 Å². The summed E-state index contributed by atoms with van der Waals surface area (Å²) in [6, 6.07) is 14.7. The van der Waals surface area contributed by atoms with E-state index in [4.69, 9.17) is 0 Å². The third kappa shape index (κ3) is 5.08. The van der Waals surface area contributed by atoms with Gasteiger partial charge in [0.1, 0.15) is 0 Å². The molecule has 2 N–H and O–H groups in total. The summed E-state index contributed by atoms with van der Waals surface area (Å²) in [5, 5.41) is 5.64. The first-order chi connectivity index (χ1) is 12.1. The fraction of sp³-hybridized carbons (Fsp3) is 0.300. The molecule has 0 saturated heterocycles. The molecule has 2 aromatic carbocycles. The minimum Gasteiger partial charge on any atom is -0.372 e. The van der Waals surface area contributed by atoms with Crippen molar-refractivity contribution in [3.8, 4) is 0 Å². The Kier molecular flexibility index (Phi) is 6.57. The molecule has 0 aliphatic rings. The zero-order chi connectivity index (χ0) is 18.2. The molecule has 5 heteroatoms. The molecule has 25 heavy (non-hydrogen) atoms. The molecule has 0 aliphatic carbocycles. The highest BCUT2D eigenvalue weighted by Crippen LogP contribution is 2.19. The van der Waals surface area contributed by atoms with Crippen molar-refractivity contribution in [2.24, 2.45) is 0 Å². The monoisotopic (exact) mass is 339 g/mol. The number of carbonyl (C=O) groups is 2. The molecule has 2 amide bonds. The van der Waals surface area contributed by atoms with Crippen LogP contribution in [0.5, 0.6) is 0 Å². The van der Waals surface area contributed by atoms with Crippen molar-refractivity contribution in [2.45, 2.75) is 27.2 Å². The number of anilines is 3. The molecule has 0 saturated carbocycles. The molecular formula is C20H25N3O2. The first-order valence-electron chi connectivity index (χ1n) is 8.63. The fourth-order valence-electron chi connectivity index (χ4n) is 2.54. The van der Waals surface area contributed by atoms with E-state index in [-0.39, 0.29) is 11.8 Å². The summed E-state index contributed by atoms with van der Waals surface area (Å²) >= 11 is 0. The fourth-order valence-corrected chi connectivity index (χ4v) is 2.54. The van der Waals surface area contributed by atoms with Crippen molar-refractivity contribution in [3.63, 3.8) is 0 Å². The summed E-state index contributed by atoms with van der Waals surface area (Å²) in [6.07, 6.45) is 0.398. The van der Waals surface area contributed by atoms with E-state index in [1.54, 1.807) is 31.2 Å². The third-order valence-electron chi connectivity index (χ3n) is 3.98. The summed E-state index contributed by atoms with van der Waals surface area (Å²) in [4.78, 5) is 26.1. The zero-order valence-electron chi connectivity index (χ0n) is 15.0. The van der Waals surface area contributed by atoms with Crippen LogP contribution < -0.4 is 15.5 Å². The number of benzene rings is 2.